The largest absolute Gasteiger partial charge is 0.481 e. The molecule has 0 radical (unpaired) electrons. The fourth-order valence-corrected chi connectivity index (χ4v) is 2.16. The zero-order chi connectivity index (χ0) is 21.1. The number of nitriles is 1. The van der Waals surface area contributed by atoms with Gasteiger partial charge in [0.25, 0.3) is 5.91 Å². The minimum absolute atomic E-state index is 0.0367. The highest BCUT2D eigenvalue weighted by Crippen LogP contribution is 2.38. The molecule has 1 unspecified atom stereocenters. The van der Waals surface area contributed by atoms with Crippen molar-refractivity contribution in [3.8, 4) is 11.8 Å². The third kappa shape index (κ3) is 5.39. The molecule has 0 fully saturated rings. The minimum Gasteiger partial charge on any atom is -0.481 e. The van der Waals surface area contributed by atoms with Crippen LogP contribution in [0.25, 0.3) is 0 Å². The maximum absolute atomic E-state index is 12.9. The van der Waals surface area contributed by atoms with Crippen molar-refractivity contribution < 1.29 is 35.9 Å². The maximum Gasteiger partial charge on any atom is 0.416 e. The number of carbonyl (C=O) groups excluding carboxylic acids is 1. The summed E-state index contributed by atoms with van der Waals surface area (Å²) in [6.45, 7) is 1.16. The van der Waals surface area contributed by atoms with Gasteiger partial charge >= 0.3 is 12.4 Å². The molecule has 0 spiro atoms. The van der Waals surface area contributed by atoms with Crippen LogP contribution in [0.1, 0.15) is 23.6 Å². The molecular formula is C18H12F6N2O2. The van der Waals surface area contributed by atoms with Crippen LogP contribution in [0.15, 0.2) is 42.5 Å². The lowest BCUT2D eigenvalue weighted by Crippen LogP contribution is -2.30. The van der Waals surface area contributed by atoms with Gasteiger partial charge in [-0.05, 0) is 43.3 Å². The van der Waals surface area contributed by atoms with Gasteiger partial charge in [-0.1, -0.05) is 6.07 Å². The van der Waals surface area contributed by atoms with Gasteiger partial charge < -0.3 is 10.1 Å². The van der Waals surface area contributed by atoms with Crippen LogP contribution in [0.3, 0.4) is 0 Å². The number of anilines is 1. The summed E-state index contributed by atoms with van der Waals surface area (Å²) < 4.78 is 82.2. The molecule has 2 aromatic carbocycles. The highest BCUT2D eigenvalue weighted by atomic mass is 19.4. The van der Waals surface area contributed by atoms with Crippen LogP contribution in [-0.4, -0.2) is 12.0 Å². The third-order valence-electron chi connectivity index (χ3n) is 3.50. The van der Waals surface area contributed by atoms with E-state index in [0.717, 1.165) is 6.92 Å². The van der Waals surface area contributed by atoms with E-state index in [0.29, 0.717) is 12.1 Å². The fraction of sp³-hybridized carbons (Fsp3) is 0.222. The Hall–Kier alpha value is -3.22. The molecule has 0 bridgehead atoms. The van der Waals surface area contributed by atoms with Gasteiger partial charge in [0.2, 0.25) is 0 Å². The Morgan fingerprint density at radius 3 is 2.11 bits per heavy atom. The van der Waals surface area contributed by atoms with E-state index in [9.17, 15) is 31.1 Å². The fourth-order valence-electron chi connectivity index (χ4n) is 2.16. The smallest absolute Gasteiger partial charge is 0.416 e. The molecule has 0 heterocycles. The van der Waals surface area contributed by atoms with Crippen molar-refractivity contribution in [1.82, 2.24) is 0 Å². The summed E-state index contributed by atoms with van der Waals surface area (Å²) in [5.74, 6) is -1.57. The van der Waals surface area contributed by atoms with Crippen molar-refractivity contribution >= 4 is 11.6 Å². The predicted octanol–water partition coefficient (Wildman–Crippen LogP) is 5.00. The van der Waals surface area contributed by atoms with E-state index in [2.05, 4.69) is 5.32 Å². The van der Waals surface area contributed by atoms with Gasteiger partial charge in [-0.3, -0.25) is 4.79 Å². The summed E-state index contributed by atoms with van der Waals surface area (Å²) in [6.07, 6.45) is -11.5. The van der Waals surface area contributed by atoms with Gasteiger partial charge in [0.05, 0.1) is 22.8 Å². The van der Waals surface area contributed by atoms with Crippen molar-refractivity contribution in [2.75, 3.05) is 5.32 Å². The number of hydrogen-bond donors (Lipinski definition) is 1. The lowest BCUT2D eigenvalue weighted by atomic mass is 10.1. The van der Waals surface area contributed by atoms with Gasteiger partial charge in [0.15, 0.2) is 6.10 Å². The van der Waals surface area contributed by atoms with Crippen LogP contribution in [0, 0.1) is 11.3 Å². The number of rotatable bonds is 4. The van der Waals surface area contributed by atoms with Crippen LogP contribution in [-0.2, 0) is 17.1 Å². The van der Waals surface area contributed by atoms with E-state index in [4.69, 9.17) is 10.00 Å². The number of nitrogens with one attached hydrogen (secondary N) is 1. The van der Waals surface area contributed by atoms with Gasteiger partial charge in [-0.2, -0.15) is 31.6 Å². The van der Waals surface area contributed by atoms with Gasteiger partial charge in [0, 0.05) is 5.69 Å². The van der Waals surface area contributed by atoms with Gasteiger partial charge in [-0.25, -0.2) is 0 Å². The van der Waals surface area contributed by atoms with Gasteiger partial charge in [-0.15, -0.1) is 0 Å². The number of alkyl halides is 6. The predicted molar refractivity (Wildman–Crippen MR) is 86.3 cm³/mol. The number of benzene rings is 2. The summed E-state index contributed by atoms with van der Waals surface area (Å²) in [7, 11) is 0. The van der Waals surface area contributed by atoms with Crippen molar-refractivity contribution in [3.05, 3.63) is 59.2 Å². The molecule has 0 aliphatic heterocycles. The lowest BCUT2D eigenvalue weighted by molar-refractivity contribution is -0.143. The van der Waals surface area contributed by atoms with Crippen LogP contribution in [0.5, 0.6) is 5.75 Å². The highest BCUT2D eigenvalue weighted by molar-refractivity contribution is 5.94. The summed E-state index contributed by atoms with van der Waals surface area (Å²) in [6, 6.07) is 8.36. The molecule has 2 rings (SSSR count). The van der Waals surface area contributed by atoms with Crippen molar-refractivity contribution in [3.63, 3.8) is 0 Å². The Morgan fingerprint density at radius 2 is 1.61 bits per heavy atom. The first-order chi connectivity index (χ1) is 12.9. The lowest BCUT2D eigenvalue weighted by Gasteiger charge is -2.18. The third-order valence-corrected chi connectivity index (χ3v) is 3.50. The van der Waals surface area contributed by atoms with E-state index in [1.807, 2.05) is 6.07 Å². The first-order valence-corrected chi connectivity index (χ1v) is 7.67. The van der Waals surface area contributed by atoms with Gasteiger partial charge in [0.1, 0.15) is 5.75 Å². The van der Waals surface area contributed by atoms with Crippen molar-refractivity contribution in [1.29, 1.82) is 5.26 Å². The first-order valence-electron chi connectivity index (χ1n) is 7.67. The first kappa shape index (κ1) is 21.1. The molecule has 0 aromatic heterocycles. The molecule has 0 aliphatic rings. The molecule has 10 heteroatoms. The molecular weight excluding hydrogens is 390 g/mol. The number of nitrogens with zero attached hydrogens (tertiary/aromatic N) is 1. The van der Waals surface area contributed by atoms with E-state index >= 15 is 0 Å². The van der Waals surface area contributed by atoms with Crippen LogP contribution in [0.2, 0.25) is 0 Å². The summed E-state index contributed by atoms with van der Waals surface area (Å²) >= 11 is 0. The monoisotopic (exact) mass is 402 g/mol. The molecule has 0 saturated carbocycles. The van der Waals surface area contributed by atoms with Crippen LogP contribution in [0.4, 0.5) is 32.0 Å². The molecule has 28 heavy (non-hydrogen) atoms. The molecule has 1 N–H and O–H groups in total. The maximum atomic E-state index is 12.9. The molecule has 1 amide bonds. The standard InChI is InChI=1S/C18H12F6N2O2/c1-10(16(27)26-14-4-2-3-11(5-14)9-25)28-15-7-12(17(19,20)21)6-13(8-15)18(22,23)24/h2-8,10H,1H3,(H,26,27). The molecule has 0 saturated heterocycles. The highest BCUT2D eigenvalue weighted by Gasteiger charge is 2.37. The summed E-state index contributed by atoms with van der Waals surface area (Å²) in [5, 5.41) is 11.2. The Balaban J connectivity index is 2.23. The van der Waals surface area contributed by atoms with Crippen LogP contribution < -0.4 is 10.1 Å². The normalized spacial score (nSPS) is 12.8. The average Bonchev–Trinajstić information content (AvgIpc) is 2.60. The Kier molecular flexibility index (Phi) is 5.87. The molecule has 0 aliphatic carbocycles. The number of ether oxygens (including phenoxy) is 1. The molecule has 1 atom stereocenters. The Labute approximate surface area is 155 Å². The second-order valence-electron chi connectivity index (χ2n) is 5.68. The molecule has 4 nitrogen and oxygen atoms in total. The molecule has 2 aromatic rings. The number of halogens is 6. The van der Waals surface area contributed by atoms with Crippen molar-refractivity contribution in [2.45, 2.75) is 25.4 Å². The topological polar surface area (TPSA) is 62.1 Å². The quantitative estimate of drug-likeness (QED) is 0.732. The van der Waals surface area contributed by atoms with Crippen molar-refractivity contribution in [2.24, 2.45) is 0 Å². The summed E-state index contributed by atoms with van der Waals surface area (Å²) in [4.78, 5) is 12.1. The Morgan fingerprint density at radius 1 is 1.04 bits per heavy atom. The minimum atomic E-state index is -5.03. The number of amides is 1. The molecule has 148 valence electrons. The zero-order valence-electron chi connectivity index (χ0n) is 14.2. The number of carbonyl (C=O) groups is 1. The van der Waals surface area contributed by atoms with E-state index < -0.39 is 41.2 Å². The Bertz CT molecular complexity index is 883. The second-order valence-corrected chi connectivity index (χ2v) is 5.68. The zero-order valence-corrected chi connectivity index (χ0v) is 14.2. The number of hydrogen-bond acceptors (Lipinski definition) is 3. The van der Waals surface area contributed by atoms with E-state index in [1.54, 1.807) is 0 Å². The van der Waals surface area contributed by atoms with E-state index in [1.165, 1.54) is 24.3 Å². The second kappa shape index (κ2) is 7.80. The van der Waals surface area contributed by atoms with E-state index in [-0.39, 0.29) is 17.3 Å². The SMILES string of the molecule is CC(Oc1cc(C(F)(F)F)cc(C(F)(F)F)c1)C(=O)Nc1cccc(C#N)c1. The van der Waals surface area contributed by atoms with Crippen LogP contribution >= 0.6 is 0 Å². The summed E-state index contributed by atoms with van der Waals surface area (Å²) in [5.41, 5.74) is -2.63. The average molecular weight is 402 g/mol.